The van der Waals surface area contributed by atoms with Crippen LogP contribution in [0.2, 0.25) is 0 Å². The van der Waals surface area contributed by atoms with Gasteiger partial charge < -0.3 is 18.9 Å². The second-order valence-electron chi connectivity index (χ2n) is 7.01. The highest BCUT2D eigenvalue weighted by molar-refractivity contribution is 7.99. The molecule has 1 aliphatic heterocycles. The lowest BCUT2D eigenvalue weighted by atomic mass is 10.1. The predicted molar refractivity (Wildman–Crippen MR) is 113 cm³/mol. The lowest BCUT2D eigenvalue weighted by Crippen LogP contribution is -2.55. The summed E-state index contributed by atoms with van der Waals surface area (Å²) >= 11 is 1.26. The summed E-state index contributed by atoms with van der Waals surface area (Å²) in [7, 11) is 0. The lowest BCUT2D eigenvalue weighted by molar-refractivity contribution is -0.186. The van der Waals surface area contributed by atoms with Crippen LogP contribution in [0.15, 0.2) is 42.6 Å². The first kappa shape index (κ1) is 23.5. The largest absolute Gasteiger partial charge is 0.476 e. The first-order valence-corrected chi connectivity index (χ1v) is 10.8. The molecule has 1 aromatic carbocycles. The van der Waals surface area contributed by atoms with Crippen molar-refractivity contribution in [1.29, 1.82) is 0 Å². The van der Waals surface area contributed by atoms with Gasteiger partial charge in [-0.25, -0.2) is 4.39 Å². The van der Waals surface area contributed by atoms with Gasteiger partial charge in [-0.1, -0.05) is 12.1 Å². The van der Waals surface area contributed by atoms with E-state index in [4.69, 9.17) is 18.9 Å². The van der Waals surface area contributed by atoms with Gasteiger partial charge in [-0.2, -0.15) is 0 Å². The second kappa shape index (κ2) is 10.4. The molecule has 2 aromatic rings. The zero-order valence-corrected chi connectivity index (χ0v) is 18.5. The van der Waals surface area contributed by atoms with Crippen LogP contribution in [0.1, 0.15) is 20.8 Å². The van der Waals surface area contributed by atoms with Gasteiger partial charge in [-0.15, -0.1) is 11.8 Å². The van der Waals surface area contributed by atoms with Crippen LogP contribution in [0.3, 0.4) is 0 Å². The molecule has 0 aliphatic carbocycles. The SMILES string of the molecule is CC(=O)O[C@@H]1[C@@H](OC(C)=O)[C@H](OC(C)=O)CS[C@H]1Oc1cccc(-c2ccc(F)cn2)c1. The number of benzene rings is 1. The Hall–Kier alpha value is -3.14. The van der Waals surface area contributed by atoms with Crippen LogP contribution in [0, 0.1) is 5.82 Å². The predicted octanol–water partition coefficient (Wildman–Crippen LogP) is 3.13. The first-order chi connectivity index (χ1) is 15.2. The molecule has 0 spiro atoms. The van der Waals surface area contributed by atoms with E-state index in [9.17, 15) is 18.8 Å². The molecular formula is C22H22FNO7S. The third kappa shape index (κ3) is 6.19. The van der Waals surface area contributed by atoms with Crippen molar-refractivity contribution in [2.24, 2.45) is 0 Å². The number of rotatable bonds is 6. The highest BCUT2D eigenvalue weighted by Crippen LogP contribution is 2.35. The van der Waals surface area contributed by atoms with E-state index in [1.165, 1.54) is 38.6 Å². The average molecular weight is 463 g/mol. The Balaban J connectivity index is 1.86. The van der Waals surface area contributed by atoms with Crippen molar-refractivity contribution in [2.75, 3.05) is 5.75 Å². The van der Waals surface area contributed by atoms with E-state index in [1.54, 1.807) is 30.3 Å². The van der Waals surface area contributed by atoms with Crippen molar-refractivity contribution in [3.8, 4) is 17.0 Å². The minimum absolute atomic E-state index is 0.263. The fourth-order valence-electron chi connectivity index (χ4n) is 3.22. The number of carbonyl (C=O) groups excluding carboxylic acids is 3. The molecule has 1 aliphatic rings. The van der Waals surface area contributed by atoms with Crippen LogP contribution >= 0.6 is 11.8 Å². The Kier molecular flexibility index (Phi) is 7.68. The van der Waals surface area contributed by atoms with Crippen LogP contribution in [-0.4, -0.2) is 52.4 Å². The first-order valence-electron chi connectivity index (χ1n) is 9.75. The minimum atomic E-state index is -1.03. The molecule has 0 radical (unpaired) electrons. The summed E-state index contributed by atoms with van der Waals surface area (Å²) < 4.78 is 35.3. The number of pyridine rings is 1. The number of hydrogen-bond donors (Lipinski definition) is 0. The Labute approximate surface area is 188 Å². The highest BCUT2D eigenvalue weighted by Gasteiger charge is 2.47. The van der Waals surface area contributed by atoms with Gasteiger partial charge in [0.05, 0.1) is 11.9 Å². The zero-order valence-electron chi connectivity index (χ0n) is 17.6. The van der Waals surface area contributed by atoms with Crippen molar-refractivity contribution in [3.05, 3.63) is 48.4 Å². The number of thioether (sulfide) groups is 1. The summed E-state index contributed by atoms with van der Waals surface area (Å²) in [6.45, 7) is 3.68. The van der Waals surface area contributed by atoms with Crippen molar-refractivity contribution in [3.63, 3.8) is 0 Å². The van der Waals surface area contributed by atoms with Crippen molar-refractivity contribution in [2.45, 2.75) is 44.5 Å². The lowest BCUT2D eigenvalue weighted by Gasteiger charge is -2.39. The van der Waals surface area contributed by atoms with Crippen LogP contribution in [0.4, 0.5) is 4.39 Å². The second-order valence-corrected chi connectivity index (χ2v) is 8.14. The summed E-state index contributed by atoms with van der Waals surface area (Å²) in [6, 6.07) is 9.81. The minimum Gasteiger partial charge on any atom is -0.476 e. The Morgan fingerprint density at radius 1 is 0.969 bits per heavy atom. The number of esters is 3. The third-order valence-electron chi connectivity index (χ3n) is 4.41. The normalized spacial score (nSPS) is 22.5. The third-order valence-corrected chi connectivity index (χ3v) is 5.63. The molecular weight excluding hydrogens is 441 g/mol. The molecule has 3 rings (SSSR count). The molecule has 32 heavy (non-hydrogen) atoms. The molecule has 10 heteroatoms. The highest BCUT2D eigenvalue weighted by atomic mass is 32.2. The molecule has 0 unspecified atom stereocenters. The fraction of sp³-hybridized carbons (Fsp3) is 0.364. The monoisotopic (exact) mass is 463 g/mol. The van der Waals surface area contributed by atoms with Gasteiger partial charge in [0, 0.05) is 32.1 Å². The van der Waals surface area contributed by atoms with Gasteiger partial charge in [0.25, 0.3) is 0 Å². The van der Waals surface area contributed by atoms with Crippen LogP contribution in [0.25, 0.3) is 11.3 Å². The summed E-state index contributed by atoms with van der Waals surface area (Å²) in [6.07, 6.45) is -1.74. The number of aromatic nitrogens is 1. The zero-order chi connectivity index (χ0) is 23.3. The van der Waals surface area contributed by atoms with E-state index in [1.807, 2.05) is 0 Å². The summed E-state index contributed by atoms with van der Waals surface area (Å²) in [5.41, 5.74) is 0.505. The van der Waals surface area contributed by atoms with Crippen molar-refractivity contribution < 1.29 is 37.7 Å². The van der Waals surface area contributed by atoms with Gasteiger partial charge in [-0.05, 0) is 24.3 Å². The number of ether oxygens (including phenoxy) is 4. The molecule has 4 atom stereocenters. The van der Waals surface area contributed by atoms with Crippen molar-refractivity contribution >= 4 is 29.7 Å². The van der Waals surface area contributed by atoms with Crippen LogP contribution in [-0.2, 0) is 28.6 Å². The molecule has 1 aromatic heterocycles. The Morgan fingerprint density at radius 3 is 2.28 bits per heavy atom. The quantitative estimate of drug-likeness (QED) is 0.472. The topological polar surface area (TPSA) is 101 Å². The molecule has 0 amide bonds. The number of halogens is 1. The summed E-state index contributed by atoms with van der Waals surface area (Å²) in [5.74, 6) is -1.50. The maximum absolute atomic E-state index is 13.2. The number of nitrogens with zero attached hydrogens (tertiary/aromatic N) is 1. The summed E-state index contributed by atoms with van der Waals surface area (Å²) in [4.78, 5) is 39.0. The number of hydrogen-bond acceptors (Lipinski definition) is 9. The van der Waals surface area contributed by atoms with Crippen LogP contribution in [0.5, 0.6) is 5.75 Å². The van der Waals surface area contributed by atoms with Crippen LogP contribution < -0.4 is 4.74 Å². The number of carbonyl (C=O) groups is 3. The van der Waals surface area contributed by atoms with Gasteiger partial charge in [0.2, 0.25) is 0 Å². The molecule has 170 valence electrons. The molecule has 0 saturated carbocycles. The standard InChI is InChI=1S/C22H22FNO7S/c1-12(25)28-19-11-32-22(21(30-14(3)27)20(19)29-13(2)26)31-17-6-4-5-15(9-17)18-8-7-16(23)10-24-18/h4-10,19-22H,11H2,1-3H3/t19-,20+,21-,22-/m1/s1. The maximum Gasteiger partial charge on any atom is 0.303 e. The molecule has 0 bridgehead atoms. The molecule has 1 saturated heterocycles. The van der Waals surface area contributed by atoms with Gasteiger partial charge in [0.15, 0.2) is 23.7 Å². The van der Waals surface area contributed by atoms with Gasteiger partial charge in [-0.3, -0.25) is 19.4 Å². The molecule has 8 nitrogen and oxygen atoms in total. The van der Waals surface area contributed by atoms with E-state index in [-0.39, 0.29) is 5.75 Å². The Morgan fingerprint density at radius 2 is 1.66 bits per heavy atom. The van der Waals surface area contributed by atoms with Gasteiger partial charge in [0.1, 0.15) is 11.6 Å². The Bertz CT molecular complexity index is 984. The maximum atomic E-state index is 13.2. The molecule has 1 fully saturated rings. The van der Waals surface area contributed by atoms with E-state index in [2.05, 4.69) is 4.98 Å². The fourth-order valence-corrected chi connectivity index (χ4v) is 4.44. The van der Waals surface area contributed by atoms with E-state index in [0.717, 1.165) is 6.20 Å². The molecule has 0 N–H and O–H groups in total. The molecule has 2 heterocycles. The van der Waals surface area contributed by atoms with Crippen molar-refractivity contribution in [1.82, 2.24) is 4.98 Å². The summed E-state index contributed by atoms with van der Waals surface area (Å²) in [5, 5.41) is 0. The van der Waals surface area contributed by atoms with E-state index >= 15 is 0 Å². The van der Waals surface area contributed by atoms with E-state index < -0.39 is 47.5 Å². The average Bonchev–Trinajstić information content (AvgIpc) is 2.72. The van der Waals surface area contributed by atoms with Gasteiger partial charge >= 0.3 is 17.9 Å². The van der Waals surface area contributed by atoms with E-state index in [0.29, 0.717) is 17.0 Å². The smallest absolute Gasteiger partial charge is 0.303 e.